The summed E-state index contributed by atoms with van der Waals surface area (Å²) in [5.41, 5.74) is 14.4. The Kier molecular flexibility index (Phi) is 3.43. The Labute approximate surface area is 148 Å². The molecule has 1 atom stereocenters. The summed E-state index contributed by atoms with van der Waals surface area (Å²) < 4.78 is 0. The molecule has 1 amide bonds. The van der Waals surface area contributed by atoms with Crippen LogP contribution in [0.3, 0.4) is 0 Å². The summed E-state index contributed by atoms with van der Waals surface area (Å²) in [5.74, 6) is -0.584. The van der Waals surface area contributed by atoms with Crippen molar-refractivity contribution in [2.75, 3.05) is 12.8 Å². The van der Waals surface area contributed by atoms with E-state index in [1.54, 1.807) is 0 Å². The van der Waals surface area contributed by atoms with Crippen LogP contribution in [0.5, 0.6) is 0 Å². The number of hydrogen-bond donors (Lipinski definition) is 2. The molecule has 25 heavy (non-hydrogen) atoms. The van der Waals surface area contributed by atoms with Gasteiger partial charge >= 0.3 is 0 Å². The minimum atomic E-state index is -0.673. The van der Waals surface area contributed by atoms with E-state index in [1.165, 1.54) is 7.11 Å². The lowest BCUT2D eigenvalue weighted by atomic mass is 9.69. The fourth-order valence-electron chi connectivity index (χ4n) is 4.09. The van der Waals surface area contributed by atoms with E-state index in [0.29, 0.717) is 40.3 Å². The number of amides is 1. The first-order valence-corrected chi connectivity index (χ1v) is 8.77. The maximum atomic E-state index is 13.4. The number of ketones is 1. The van der Waals surface area contributed by atoms with Gasteiger partial charge in [-0.05, 0) is 24.0 Å². The van der Waals surface area contributed by atoms with Crippen LogP contribution in [0.2, 0.25) is 0 Å². The minimum absolute atomic E-state index is 0.00768. The molecule has 1 aromatic carbocycles. The molecule has 7 heteroatoms. The van der Waals surface area contributed by atoms with Gasteiger partial charge in [0.1, 0.15) is 7.11 Å². The Balaban J connectivity index is 1.89. The number of nitrogens with two attached hydrogens (primary N) is 2. The molecule has 1 aromatic heterocycles. The van der Waals surface area contributed by atoms with E-state index >= 15 is 0 Å². The first-order chi connectivity index (χ1) is 12.0. The lowest BCUT2D eigenvalue weighted by Gasteiger charge is -2.32. The molecule has 1 spiro atoms. The second kappa shape index (κ2) is 5.42. The lowest BCUT2D eigenvalue weighted by molar-refractivity contribution is 0.0873. The SMILES string of the molecule is CON=C1CC2(CCc3c(sc(N)c3C(N)=O)C2=O)c2ccccc21. The Morgan fingerprint density at radius 1 is 1.36 bits per heavy atom. The zero-order valence-electron chi connectivity index (χ0n) is 13.7. The average molecular weight is 355 g/mol. The third kappa shape index (κ3) is 2.05. The van der Waals surface area contributed by atoms with Crippen LogP contribution in [0.1, 0.15) is 49.6 Å². The van der Waals surface area contributed by atoms with Crippen molar-refractivity contribution < 1.29 is 14.4 Å². The van der Waals surface area contributed by atoms with Gasteiger partial charge in [0, 0.05) is 12.0 Å². The first kappa shape index (κ1) is 15.8. The Morgan fingerprint density at radius 3 is 2.84 bits per heavy atom. The minimum Gasteiger partial charge on any atom is -0.399 e. The van der Waals surface area contributed by atoms with Gasteiger partial charge in [-0.2, -0.15) is 0 Å². The molecule has 4 N–H and O–H groups in total. The van der Waals surface area contributed by atoms with Gasteiger partial charge in [-0.1, -0.05) is 29.4 Å². The fraction of sp³-hybridized carbons (Fsp3) is 0.278. The number of carbonyl (C=O) groups excluding carboxylic acids is 2. The standard InChI is InChI=1S/C18H17N3O3S/c1-24-21-12-8-18(11-5-3-2-4-9(11)12)7-6-10-13(16(19)23)17(20)25-14(10)15(18)22/h2-5H,6-8,20H2,1H3,(H2,19,23). The summed E-state index contributed by atoms with van der Waals surface area (Å²) >= 11 is 1.16. The number of fused-ring (bicyclic) bond motifs is 3. The van der Waals surface area contributed by atoms with E-state index in [4.69, 9.17) is 16.3 Å². The van der Waals surface area contributed by atoms with Crippen LogP contribution in [0, 0.1) is 0 Å². The van der Waals surface area contributed by atoms with Crippen LogP contribution >= 0.6 is 11.3 Å². The molecule has 0 bridgehead atoms. The molecule has 0 radical (unpaired) electrons. The third-order valence-corrected chi connectivity index (χ3v) is 6.21. The number of oxime groups is 1. The molecule has 0 saturated carbocycles. The van der Waals surface area contributed by atoms with Crippen molar-refractivity contribution in [2.24, 2.45) is 10.9 Å². The van der Waals surface area contributed by atoms with Gasteiger partial charge in [-0.3, -0.25) is 9.59 Å². The van der Waals surface area contributed by atoms with Crippen LogP contribution in [0.15, 0.2) is 29.4 Å². The van der Waals surface area contributed by atoms with Crippen molar-refractivity contribution in [1.82, 2.24) is 0 Å². The zero-order valence-corrected chi connectivity index (χ0v) is 14.5. The molecule has 0 fully saturated rings. The third-order valence-electron chi connectivity index (χ3n) is 5.15. The monoisotopic (exact) mass is 355 g/mol. The molecule has 2 aliphatic carbocycles. The fourth-order valence-corrected chi connectivity index (χ4v) is 5.25. The van der Waals surface area contributed by atoms with E-state index in [-0.39, 0.29) is 5.78 Å². The average Bonchev–Trinajstić information content (AvgIpc) is 3.09. The summed E-state index contributed by atoms with van der Waals surface area (Å²) in [7, 11) is 1.50. The number of rotatable bonds is 2. The summed E-state index contributed by atoms with van der Waals surface area (Å²) in [5, 5.41) is 4.44. The van der Waals surface area contributed by atoms with Crippen LogP contribution in [-0.4, -0.2) is 24.5 Å². The van der Waals surface area contributed by atoms with Crippen molar-refractivity contribution >= 4 is 33.7 Å². The molecule has 0 saturated heterocycles. The predicted octanol–water partition coefficient (Wildman–Crippen LogP) is 2.25. The highest BCUT2D eigenvalue weighted by molar-refractivity contribution is 7.18. The number of anilines is 1. The summed E-state index contributed by atoms with van der Waals surface area (Å²) in [6, 6.07) is 7.79. The van der Waals surface area contributed by atoms with Gasteiger partial charge in [0.05, 0.1) is 26.6 Å². The number of carbonyl (C=O) groups is 2. The Bertz CT molecular complexity index is 947. The van der Waals surface area contributed by atoms with E-state index in [2.05, 4.69) is 5.16 Å². The van der Waals surface area contributed by atoms with Crippen molar-refractivity contribution in [3.05, 3.63) is 51.4 Å². The maximum absolute atomic E-state index is 13.4. The molecule has 0 aliphatic heterocycles. The van der Waals surface area contributed by atoms with E-state index in [1.807, 2.05) is 24.3 Å². The molecule has 6 nitrogen and oxygen atoms in total. The van der Waals surface area contributed by atoms with Gasteiger partial charge in [-0.15, -0.1) is 11.3 Å². The second-order valence-electron chi connectivity index (χ2n) is 6.37. The number of primary amides is 1. The Morgan fingerprint density at radius 2 is 2.12 bits per heavy atom. The highest BCUT2D eigenvalue weighted by Crippen LogP contribution is 2.50. The predicted molar refractivity (Wildman–Crippen MR) is 96.2 cm³/mol. The van der Waals surface area contributed by atoms with Crippen LogP contribution in [0.25, 0.3) is 0 Å². The van der Waals surface area contributed by atoms with Crippen LogP contribution in [-0.2, 0) is 16.7 Å². The topological polar surface area (TPSA) is 108 Å². The summed E-state index contributed by atoms with van der Waals surface area (Å²) in [4.78, 5) is 30.7. The lowest BCUT2D eigenvalue weighted by Crippen LogP contribution is -2.38. The molecule has 128 valence electrons. The molecule has 1 unspecified atom stereocenters. The van der Waals surface area contributed by atoms with Crippen LogP contribution < -0.4 is 11.5 Å². The number of thiophene rings is 1. The van der Waals surface area contributed by atoms with Crippen LogP contribution in [0.4, 0.5) is 5.00 Å². The molecule has 2 aliphatic rings. The largest absolute Gasteiger partial charge is 0.399 e. The van der Waals surface area contributed by atoms with Gasteiger partial charge in [0.25, 0.3) is 5.91 Å². The maximum Gasteiger partial charge on any atom is 0.251 e. The van der Waals surface area contributed by atoms with Crippen molar-refractivity contribution in [3.63, 3.8) is 0 Å². The zero-order chi connectivity index (χ0) is 17.8. The molecular weight excluding hydrogens is 338 g/mol. The Hall–Kier alpha value is -2.67. The van der Waals surface area contributed by atoms with Gasteiger partial charge in [-0.25, -0.2) is 0 Å². The van der Waals surface area contributed by atoms with Gasteiger partial charge in [0.2, 0.25) is 0 Å². The van der Waals surface area contributed by atoms with Crippen molar-refractivity contribution in [1.29, 1.82) is 0 Å². The van der Waals surface area contributed by atoms with Crippen molar-refractivity contribution in [3.8, 4) is 0 Å². The number of hydrogen-bond acceptors (Lipinski definition) is 6. The van der Waals surface area contributed by atoms with E-state index < -0.39 is 11.3 Å². The quantitative estimate of drug-likeness (QED) is 0.805. The highest BCUT2D eigenvalue weighted by atomic mass is 32.1. The summed E-state index contributed by atoms with van der Waals surface area (Å²) in [6.07, 6.45) is 1.67. The number of Topliss-reactive ketones (excluding diaryl/α,β-unsaturated/α-hetero) is 1. The van der Waals surface area contributed by atoms with Gasteiger partial charge in [0.15, 0.2) is 5.78 Å². The smallest absolute Gasteiger partial charge is 0.251 e. The number of nitrogen functional groups attached to an aromatic ring is 1. The molecule has 1 heterocycles. The molecule has 4 rings (SSSR count). The highest BCUT2D eigenvalue weighted by Gasteiger charge is 2.51. The number of nitrogens with zero attached hydrogens (tertiary/aromatic N) is 1. The first-order valence-electron chi connectivity index (χ1n) is 7.95. The molecule has 2 aromatic rings. The molecular formula is C18H17N3O3S. The van der Waals surface area contributed by atoms with Gasteiger partial charge < -0.3 is 16.3 Å². The normalized spacial score (nSPS) is 22.9. The van der Waals surface area contributed by atoms with Crippen molar-refractivity contribution in [2.45, 2.75) is 24.7 Å². The van der Waals surface area contributed by atoms with E-state index in [9.17, 15) is 9.59 Å². The second-order valence-corrected chi connectivity index (χ2v) is 7.42. The number of benzene rings is 1. The summed E-state index contributed by atoms with van der Waals surface area (Å²) in [6.45, 7) is 0. The van der Waals surface area contributed by atoms with E-state index in [0.717, 1.165) is 28.2 Å².